The van der Waals surface area contributed by atoms with E-state index >= 15 is 0 Å². The summed E-state index contributed by atoms with van der Waals surface area (Å²) in [5.74, 6) is -0.181. The Morgan fingerprint density at radius 2 is 1.95 bits per heavy atom. The molecular weight excluding hydrogens is 331 g/mol. The maximum atomic E-state index is 13.1. The number of nitrogens with zero attached hydrogens (tertiary/aromatic N) is 1. The van der Waals surface area contributed by atoms with Gasteiger partial charge < -0.3 is 10.1 Å². The van der Waals surface area contributed by atoms with Gasteiger partial charge in [-0.15, -0.1) is 0 Å². The van der Waals surface area contributed by atoms with Crippen molar-refractivity contribution < 1.29 is 14.1 Å². The highest BCUT2D eigenvalue weighted by Crippen LogP contribution is 2.34. The van der Waals surface area contributed by atoms with Crippen molar-refractivity contribution in [1.29, 1.82) is 0 Å². The van der Waals surface area contributed by atoms with E-state index in [-0.39, 0.29) is 11.4 Å². The number of nitro groups is 1. The Morgan fingerprint density at radius 3 is 2.60 bits per heavy atom. The van der Waals surface area contributed by atoms with E-state index in [9.17, 15) is 14.5 Å². The molecule has 0 saturated heterocycles. The zero-order chi connectivity index (χ0) is 14.7. The lowest BCUT2D eigenvalue weighted by Crippen LogP contribution is -1.99. The zero-order valence-corrected chi connectivity index (χ0v) is 12.0. The third kappa shape index (κ3) is 3.05. The molecule has 0 amide bonds. The fourth-order valence-corrected chi connectivity index (χ4v) is 2.02. The SMILES string of the molecule is COc1cc(F)ccc1Nc1ccc(Br)cc1[N+](=O)[O-]. The molecule has 2 rings (SSSR count). The normalized spacial score (nSPS) is 10.2. The third-order valence-electron chi connectivity index (χ3n) is 2.59. The fourth-order valence-electron chi connectivity index (χ4n) is 1.67. The molecule has 0 radical (unpaired) electrons. The molecule has 0 fully saturated rings. The first kappa shape index (κ1) is 14.3. The molecule has 5 nitrogen and oxygen atoms in total. The van der Waals surface area contributed by atoms with Crippen LogP contribution in [0.15, 0.2) is 40.9 Å². The van der Waals surface area contributed by atoms with Gasteiger partial charge in [0.1, 0.15) is 17.3 Å². The monoisotopic (exact) mass is 340 g/mol. The van der Waals surface area contributed by atoms with Gasteiger partial charge in [-0.3, -0.25) is 10.1 Å². The highest BCUT2D eigenvalue weighted by molar-refractivity contribution is 9.10. The number of ether oxygens (including phenoxy) is 1. The van der Waals surface area contributed by atoms with Crippen molar-refractivity contribution in [2.24, 2.45) is 0 Å². The average Bonchev–Trinajstić information content (AvgIpc) is 2.42. The lowest BCUT2D eigenvalue weighted by atomic mass is 10.2. The smallest absolute Gasteiger partial charge is 0.293 e. The summed E-state index contributed by atoms with van der Waals surface area (Å²) in [6.07, 6.45) is 0. The molecule has 0 aliphatic heterocycles. The number of methoxy groups -OCH3 is 1. The second-order valence-electron chi connectivity index (χ2n) is 3.89. The van der Waals surface area contributed by atoms with Crippen molar-refractivity contribution in [2.75, 3.05) is 12.4 Å². The molecule has 2 aromatic carbocycles. The maximum absolute atomic E-state index is 13.1. The molecule has 0 aliphatic carbocycles. The van der Waals surface area contributed by atoms with Gasteiger partial charge in [0.05, 0.1) is 17.7 Å². The number of hydrogen-bond acceptors (Lipinski definition) is 4. The summed E-state index contributed by atoms with van der Waals surface area (Å²) in [6.45, 7) is 0. The van der Waals surface area contributed by atoms with Gasteiger partial charge in [0.15, 0.2) is 0 Å². The Labute approximate surface area is 122 Å². The molecule has 0 heterocycles. The largest absolute Gasteiger partial charge is 0.494 e. The second kappa shape index (κ2) is 5.87. The zero-order valence-electron chi connectivity index (χ0n) is 10.4. The molecule has 0 atom stereocenters. The summed E-state index contributed by atoms with van der Waals surface area (Å²) in [5.41, 5.74) is 0.646. The molecule has 7 heteroatoms. The number of nitro benzene ring substituents is 1. The fraction of sp³-hybridized carbons (Fsp3) is 0.0769. The summed E-state index contributed by atoms with van der Waals surface area (Å²) in [7, 11) is 1.40. The van der Waals surface area contributed by atoms with Crippen LogP contribution in [-0.2, 0) is 0 Å². The van der Waals surface area contributed by atoms with Crippen molar-refractivity contribution in [2.45, 2.75) is 0 Å². The topological polar surface area (TPSA) is 64.4 Å². The first-order valence-electron chi connectivity index (χ1n) is 5.56. The Kier molecular flexibility index (Phi) is 4.19. The van der Waals surface area contributed by atoms with Gasteiger partial charge in [-0.2, -0.15) is 0 Å². The van der Waals surface area contributed by atoms with Crippen molar-refractivity contribution in [3.05, 3.63) is 56.8 Å². The summed E-state index contributed by atoms with van der Waals surface area (Å²) in [5, 5.41) is 13.9. The van der Waals surface area contributed by atoms with Crippen molar-refractivity contribution in [3.8, 4) is 5.75 Å². The van der Waals surface area contributed by atoms with Crippen LogP contribution in [0.4, 0.5) is 21.5 Å². The van der Waals surface area contributed by atoms with Crippen LogP contribution in [-0.4, -0.2) is 12.0 Å². The highest BCUT2D eigenvalue weighted by Gasteiger charge is 2.15. The molecule has 104 valence electrons. The quantitative estimate of drug-likeness (QED) is 0.667. The van der Waals surface area contributed by atoms with Crippen LogP contribution in [0.3, 0.4) is 0 Å². The number of halogens is 2. The summed E-state index contributed by atoms with van der Waals surface area (Å²) < 4.78 is 18.7. The summed E-state index contributed by atoms with van der Waals surface area (Å²) >= 11 is 3.18. The van der Waals surface area contributed by atoms with Crippen LogP contribution in [0.1, 0.15) is 0 Å². The van der Waals surface area contributed by atoms with Crippen LogP contribution >= 0.6 is 15.9 Å². The van der Waals surface area contributed by atoms with E-state index in [2.05, 4.69) is 21.2 Å². The van der Waals surface area contributed by atoms with Gasteiger partial charge in [0.2, 0.25) is 0 Å². The van der Waals surface area contributed by atoms with Crippen LogP contribution in [0.2, 0.25) is 0 Å². The average molecular weight is 341 g/mol. The van der Waals surface area contributed by atoms with Crippen LogP contribution in [0, 0.1) is 15.9 Å². The number of anilines is 2. The number of hydrogen-bond donors (Lipinski definition) is 1. The minimum atomic E-state index is -0.497. The third-order valence-corrected chi connectivity index (χ3v) is 3.08. The Morgan fingerprint density at radius 1 is 1.25 bits per heavy atom. The van der Waals surface area contributed by atoms with E-state index in [4.69, 9.17) is 4.74 Å². The van der Waals surface area contributed by atoms with E-state index < -0.39 is 10.7 Å². The molecule has 0 bridgehead atoms. The first-order chi connectivity index (χ1) is 9.51. The molecule has 1 N–H and O–H groups in total. The summed E-state index contributed by atoms with van der Waals surface area (Å²) in [4.78, 5) is 10.5. The molecule has 20 heavy (non-hydrogen) atoms. The van der Waals surface area contributed by atoms with Gasteiger partial charge in [-0.05, 0) is 24.3 Å². The minimum absolute atomic E-state index is 0.0919. The minimum Gasteiger partial charge on any atom is -0.494 e. The molecule has 0 saturated carbocycles. The van der Waals surface area contributed by atoms with Gasteiger partial charge in [0, 0.05) is 16.6 Å². The number of benzene rings is 2. The highest BCUT2D eigenvalue weighted by atomic mass is 79.9. The lowest BCUT2D eigenvalue weighted by Gasteiger charge is -2.11. The van der Waals surface area contributed by atoms with Crippen LogP contribution in [0.5, 0.6) is 5.75 Å². The van der Waals surface area contributed by atoms with E-state index in [0.717, 1.165) is 0 Å². The predicted octanol–water partition coefficient (Wildman–Crippen LogP) is 4.25. The van der Waals surface area contributed by atoms with E-state index in [1.54, 1.807) is 12.1 Å². The summed E-state index contributed by atoms with van der Waals surface area (Å²) in [6, 6.07) is 8.52. The van der Waals surface area contributed by atoms with E-state index in [1.165, 1.54) is 31.4 Å². The Bertz CT molecular complexity index is 664. The maximum Gasteiger partial charge on any atom is 0.293 e. The second-order valence-corrected chi connectivity index (χ2v) is 4.80. The van der Waals surface area contributed by atoms with E-state index in [1.807, 2.05) is 0 Å². The molecular formula is C13H10BrFN2O3. The van der Waals surface area contributed by atoms with Crippen LogP contribution in [0.25, 0.3) is 0 Å². The Balaban J connectivity index is 2.42. The van der Waals surface area contributed by atoms with Crippen molar-refractivity contribution >= 4 is 33.0 Å². The number of rotatable bonds is 4. The molecule has 0 aromatic heterocycles. The molecule has 0 spiro atoms. The van der Waals surface area contributed by atoms with Crippen LogP contribution < -0.4 is 10.1 Å². The van der Waals surface area contributed by atoms with Gasteiger partial charge in [-0.25, -0.2) is 4.39 Å². The van der Waals surface area contributed by atoms with E-state index in [0.29, 0.717) is 15.8 Å². The lowest BCUT2D eigenvalue weighted by molar-refractivity contribution is -0.384. The molecule has 0 unspecified atom stereocenters. The number of nitrogens with one attached hydrogen (secondary N) is 1. The van der Waals surface area contributed by atoms with Gasteiger partial charge in [-0.1, -0.05) is 15.9 Å². The van der Waals surface area contributed by atoms with Crippen molar-refractivity contribution in [3.63, 3.8) is 0 Å². The van der Waals surface area contributed by atoms with Crippen molar-refractivity contribution in [1.82, 2.24) is 0 Å². The predicted molar refractivity (Wildman–Crippen MR) is 77.0 cm³/mol. The first-order valence-corrected chi connectivity index (χ1v) is 6.35. The standard InChI is InChI=1S/C13H10BrFN2O3/c1-20-13-7-9(15)3-5-11(13)16-10-4-2-8(14)6-12(10)17(18)19/h2-7,16H,1H3. The van der Waals surface area contributed by atoms with Gasteiger partial charge >= 0.3 is 0 Å². The van der Waals surface area contributed by atoms with Gasteiger partial charge in [0.25, 0.3) is 5.69 Å². The molecule has 2 aromatic rings. The Hall–Kier alpha value is -2.15. The molecule has 0 aliphatic rings.